The van der Waals surface area contributed by atoms with Crippen LogP contribution in [0.2, 0.25) is 0 Å². The number of amides is 1. The minimum absolute atomic E-state index is 0.0813. The normalized spacial score (nSPS) is 13.0. The molecular weight excluding hydrogens is 312 g/mol. The van der Waals surface area contributed by atoms with Crippen LogP contribution in [-0.4, -0.2) is 44.3 Å². The highest BCUT2D eigenvalue weighted by Gasteiger charge is 2.20. The molecule has 2 rings (SSSR count). The summed E-state index contributed by atoms with van der Waals surface area (Å²) in [7, 11) is -1.43. The smallest absolute Gasteiger partial charge is 0.239 e. The van der Waals surface area contributed by atoms with Crippen molar-refractivity contribution in [3.05, 3.63) is 48.0 Å². The molecule has 6 heteroatoms. The SMILES string of the molecule is CN(Cc1cccc2ccccc12)C(=O)[C@H](N)CCS(C)(=O)=O. The van der Waals surface area contributed by atoms with Crippen LogP contribution in [0.4, 0.5) is 0 Å². The van der Waals surface area contributed by atoms with Crippen LogP contribution >= 0.6 is 0 Å². The number of fused-ring (bicyclic) bond motifs is 1. The Bertz CT molecular complexity index is 797. The van der Waals surface area contributed by atoms with Gasteiger partial charge in [0.05, 0.1) is 11.8 Å². The van der Waals surface area contributed by atoms with Gasteiger partial charge in [-0.2, -0.15) is 0 Å². The van der Waals surface area contributed by atoms with Gasteiger partial charge in [-0.15, -0.1) is 0 Å². The molecule has 0 aliphatic rings. The number of benzene rings is 2. The van der Waals surface area contributed by atoms with Gasteiger partial charge in [0.25, 0.3) is 0 Å². The molecule has 0 unspecified atom stereocenters. The molecule has 0 saturated heterocycles. The number of hydrogen-bond donors (Lipinski definition) is 1. The van der Waals surface area contributed by atoms with Gasteiger partial charge in [0, 0.05) is 19.8 Å². The van der Waals surface area contributed by atoms with Gasteiger partial charge >= 0.3 is 0 Å². The molecule has 23 heavy (non-hydrogen) atoms. The van der Waals surface area contributed by atoms with E-state index in [-0.39, 0.29) is 18.1 Å². The van der Waals surface area contributed by atoms with E-state index in [0.29, 0.717) is 6.54 Å². The Hall–Kier alpha value is -1.92. The Morgan fingerprint density at radius 1 is 1.17 bits per heavy atom. The lowest BCUT2D eigenvalue weighted by Gasteiger charge is -2.22. The average molecular weight is 334 g/mol. The molecule has 0 heterocycles. The molecular formula is C17H22N2O3S. The van der Waals surface area contributed by atoms with Crippen LogP contribution in [0, 0.1) is 0 Å². The summed E-state index contributed by atoms with van der Waals surface area (Å²) in [5.74, 6) is -0.330. The average Bonchev–Trinajstić information content (AvgIpc) is 2.51. The van der Waals surface area contributed by atoms with E-state index in [2.05, 4.69) is 0 Å². The topological polar surface area (TPSA) is 80.5 Å². The number of rotatable bonds is 6. The second-order valence-electron chi connectivity index (χ2n) is 5.86. The molecule has 0 aliphatic carbocycles. The third-order valence-corrected chi connectivity index (χ3v) is 4.76. The van der Waals surface area contributed by atoms with Crippen LogP contribution in [0.5, 0.6) is 0 Å². The van der Waals surface area contributed by atoms with Gasteiger partial charge in [0.2, 0.25) is 5.91 Å². The van der Waals surface area contributed by atoms with Crippen molar-refractivity contribution in [2.45, 2.75) is 19.0 Å². The highest BCUT2D eigenvalue weighted by atomic mass is 32.2. The van der Waals surface area contributed by atoms with Crippen LogP contribution in [0.15, 0.2) is 42.5 Å². The quantitative estimate of drug-likeness (QED) is 0.869. The predicted octanol–water partition coefficient (Wildman–Crippen LogP) is 1.56. The maximum Gasteiger partial charge on any atom is 0.239 e. The van der Waals surface area contributed by atoms with Crippen molar-refractivity contribution < 1.29 is 13.2 Å². The first-order valence-corrected chi connectivity index (χ1v) is 9.49. The lowest BCUT2D eigenvalue weighted by molar-refractivity contribution is -0.131. The third-order valence-electron chi connectivity index (χ3n) is 3.78. The highest BCUT2D eigenvalue weighted by Crippen LogP contribution is 2.19. The summed E-state index contributed by atoms with van der Waals surface area (Å²) in [6.07, 6.45) is 1.28. The summed E-state index contributed by atoms with van der Waals surface area (Å²) in [5, 5.41) is 2.21. The molecule has 2 aromatic carbocycles. The first-order valence-electron chi connectivity index (χ1n) is 7.43. The van der Waals surface area contributed by atoms with Crippen molar-refractivity contribution in [3.63, 3.8) is 0 Å². The molecule has 0 aliphatic heterocycles. The number of sulfone groups is 1. The van der Waals surface area contributed by atoms with Gasteiger partial charge in [-0.1, -0.05) is 42.5 Å². The highest BCUT2D eigenvalue weighted by molar-refractivity contribution is 7.90. The second kappa shape index (κ2) is 7.10. The summed E-state index contributed by atoms with van der Waals surface area (Å²) in [5.41, 5.74) is 6.87. The summed E-state index contributed by atoms with van der Waals surface area (Å²) < 4.78 is 22.4. The first-order chi connectivity index (χ1) is 10.8. The van der Waals surface area contributed by atoms with Gasteiger partial charge in [-0.25, -0.2) is 8.42 Å². The fraction of sp³-hybridized carbons (Fsp3) is 0.353. The van der Waals surface area contributed by atoms with Gasteiger partial charge in [0.1, 0.15) is 9.84 Å². The fourth-order valence-corrected chi connectivity index (χ4v) is 3.19. The lowest BCUT2D eigenvalue weighted by Crippen LogP contribution is -2.42. The molecule has 0 aromatic heterocycles. The van der Waals surface area contributed by atoms with Crippen molar-refractivity contribution >= 4 is 26.5 Å². The van der Waals surface area contributed by atoms with Crippen LogP contribution in [0.3, 0.4) is 0 Å². The van der Waals surface area contributed by atoms with Gasteiger partial charge < -0.3 is 10.6 Å². The van der Waals surface area contributed by atoms with Crippen LogP contribution < -0.4 is 5.73 Å². The van der Waals surface area contributed by atoms with Gasteiger partial charge in [-0.3, -0.25) is 4.79 Å². The van der Waals surface area contributed by atoms with Crippen LogP contribution in [0.1, 0.15) is 12.0 Å². The number of carbonyl (C=O) groups is 1. The van der Waals surface area contributed by atoms with E-state index < -0.39 is 15.9 Å². The standard InChI is InChI=1S/C17H22N2O3S/c1-19(17(20)16(18)10-11-23(2,21)22)12-14-8-5-7-13-6-3-4-9-15(13)14/h3-9,16H,10-12,18H2,1-2H3/t16-/m1/s1. The van der Waals surface area contributed by atoms with Crippen molar-refractivity contribution in [1.82, 2.24) is 4.90 Å². The van der Waals surface area contributed by atoms with Crippen molar-refractivity contribution in [3.8, 4) is 0 Å². The Labute approximate surface area is 137 Å². The van der Waals surface area contributed by atoms with Crippen LogP contribution in [0.25, 0.3) is 10.8 Å². The Morgan fingerprint density at radius 2 is 1.83 bits per heavy atom. The number of nitrogens with two attached hydrogens (primary N) is 1. The maximum atomic E-state index is 12.3. The number of hydrogen-bond acceptors (Lipinski definition) is 4. The molecule has 0 spiro atoms. The summed E-state index contributed by atoms with van der Waals surface area (Å²) in [6, 6.07) is 13.1. The predicted molar refractivity (Wildman–Crippen MR) is 92.7 cm³/mol. The van der Waals surface area contributed by atoms with E-state index in [1.165, 1.54) is 0 Å². The largest absolute Gasteiger partial charge is 0.340 e. The molecule has 2 N–H and O–H groups in total. The molecule has 0 radical (unpaired) electrons. The van der Waals surface area contributed by atoms with E-state index in [9.17, 15) is 13.2 Å². The van der Waals surface area contributed by atoms with Crippen molar-refractivity contribution in [1.29, 1.82) is 0 Å². The number of carbonyl (C=O) groups excluding carboxylic acids is 1. The molecule has 1 amide bonds. The fourth-order valence-electron chi connectivity index (χ4n) is 2.51. The zero-order valence-electron chi connectivity index (χ0n) is 13.4. The summed E-state index contributed by atoms with van der Waals surface area (Å²) in [6.45, 7) is 0.437. The zero-order chi connectivity index (χ0) is 17.0. The molecule has 2 aromatic rings. The number of nitrogens with zero attached hydrogens (tertiary/aromatic N) is 1. The van der Waals surface area contributed by atoms with Gasteiger partial charge in [-0.05, 0) is 22.8 Å². The Kier molecular flexibility index (Phi) is 5.38. The van der Waals surface area contributed by atoms with E-state index >= 15 is 0 Å². The minimum atomic E-state index is -3.12. The van der Waals surface area contributed by atoms with Crippen molar-refractivity contribution in [2.75, 3.05) is 19.1 Å². The zero-order valence-corrected chi connectivity index (χ0v) is 14.2. The third kappa shape index (κ3) is 4.77. The van der Waals surface area contributed by atoms with Crippen LogP contribution in [-0.2, 0) is 21.2 Å². The first kappa shape index (κ1) is 17.4. The van der Waals surface area contributed by atoms with E-state index in [1.807, 2.05) is 42.5 Å². The molecule has 0 fully saturated rings. The summed E-state index contributed by atoms with van der Waals surface area (Å²) >= 11 is 0. The van der Waals surface area contributed by atoms with Crippen molar-refractivity contribution in [2.24, 2.45) is 5.73 Å². The number of likely N-dealkylation sites (N-methyl/N-ethyl adjacent to an activating group) is 1. The monoisotopic (exact) mass is 334 g/mol. The molecule has 1 atom stereocenters. The van der Waals surface area contributed by atoms with Gasteiger partial charge in [0.15, 0.2) is 0 Å². The Morgan fingerprint density at radius 3 is 2.52 bits per heavy atom. The van der Waals surface area contributed by atoms with E-state index in [0.717, 1.165) is 22.6 Å². The molecule has 0 saturated carbocycles. The molecule has 5 nitrogen and oxygen atoms in total. The maximum absolute atomic E-state index is 12.3. The summed E-state index contributed by atoms with van der Waals surface area (Å²) in [4.78, 5) is 13.9. The molecule has 124 valence electrons. The molecule has 0 bridgehead atoms. The Balaban J connectivity index is 2.08. The van der Waals surface area contributed by atoms with E-state index in [1.54, 1.807) is 11.9 Å². The minimum Gasteiger partial charge on any atom is -0.340 e. The second-order valence-corrected chi connectivity index (χ2v) is 8.12. The van der Waals surface area contributed by atoms with E-state index in [4.69, 9.17) is 5.73 Å². The lowest BCUT2D eigenvalue weighted by atomic mass is 10.0.